The summed E-state index contributed by atoms with van der Waals surface area (Å²) in [6.45, 7) is 8.71. The van der Waals surface area contributed by atoms with E-state index >= 15 is 0 Å². The van der Waals surface area contributed by atoms with E-state index in [1.54, 1.807) is 39.1 Å². The predicted molar refractivity (Wildman–Crippen MR) is 167 cm³/mol. The summed E-state index contributed by atoms with van der Waals surface area (Å²) in [5.74, 6) is -0.354. The molecule has 44 heavy (non-hydrogen) atoms. The van der Waals surface area contributed by atoms with Crippen molar-refractivity contribution in [3.8, 4) is 10.4 Å². The first-order chi connectivity index (χ1) is 20.7. The summed E-state index contributed by atoms with van der Waals surface area (Å²) in [4.78, 5) is 33.8. The Morgan fingerprint density at radius 3 is 2.50 bits per heavy atom. The van der Waals surface area contributed by atoms with Gasteiger partial charge < -0.3 is 20.7 Å². The molecule has 1 aliphatic rings. The Morgan fingerprint density at radius 2 is 1.84 bits per heavy atom. The average Bonchev–Trinajstić information content (AvgIpc) is 3.41. The van der Waals surface area contributed by atoms with Gasteiger partial charge in [0.1, 0.15) is 5.82 Å². The second-order valence-electron chi connectivity index (χ2n) is 12.0. The first-order valence-corrected chi connectivity index (χ1v) is 16.8. The summed E-state index contributed by atoms with van der Waals surface area (Å²) in [5.41, 5.74) is 0.0268. The van der Waals surface area contributed by atoms with E-state index in [2.05, 4.69) is 30.6 Å². The van der Waals surface area contributed by atoms with E-state index in [0.717, 1.165) is 30.7 Å². The minimum atomic E-state index is -4.01. The second-order valence-corrected chi connectivity index (χ2v) is 14.7. The minimum absolute atomic E-state index is 0.00670. The molecule has 3 amide bonds. The molecule has 2 aromatic heterocycles. The largest absolute Gasteiger partial charge is 0.447 e. The number of ether oxygens (including phenoxy) is 1. The van der Waals surface area contributed by atoms with Gasteiger partial charge in [0, 0.05) is 41.1 Å². The third kappa shape index (κ3) is 9.19. The number of benzene rings is 1. The molecule has 0 unspecified atom stereocenters. The number of sulfonamides is 1. The van der Waals surface area contributed by atoms with E-state index in [9.17, 15) is 22.4 Å². The van der Waals surface area contributed by atoms with Gasteiger partial charge in [-0.3, -0.25) is 4.98 Å². The molecular weight excluding hydrogens is 607 g/mol. The quantitative estimate of drug-likeness (QED) is 0.226. The number of nitrogens with zero attached hydrogens (tertiary/aromatic N) is 2. The van der Waals surface area contributed by atoms with E-state index in [0.29, 0.717) is 10.4 Å². The summed E-state index contributed by atoms with van der Waals surface area (Å²) in [6, 6.07) is 6.76. The molecule has 14 heteroatoms. The molecule has 0 radical (unpaired) electrons. The van der Waals surface area contributed by atoms with E-state index in [4.69, 9.17) is 4.74 Å². The van der Waals surface area contributed by atoms with Gasteiger partial charge >= 0.3 is 12.1 Å². The SMILES string of the molecule is CC(C)OC(=O)N[C@H]1CC[C@H](c2ncc(-c3ccc(NC(=O)NCc4ncccc4F)cc3S(=O)(=O)NC(C)(C)C)s2)CC1. The van der Waals surface area contributed by atoms with Crippen LogP contribution < -0.4 is 20.7 Å². The van der Waals surface area contributed by atoms with Crippen molar-refractivity contribution in [3.05, 3.63) is 59.2 Å². The molecule has 2 heterocycles. The normalized spacial score (nSPS) is 17.2. The van der Waals surface area contributed by atoms with Gasteiger partial charge in [0.15, 0.2) is 0 Å². The molecule has 0 aliphatic heterocycles. The number of pyridine rings is 1. The number of urea groups is 1. The zero-order valence-electron chi connectivity index (χ0n) is 25.4. The number of thiazole rings is 1. The first-order valence-electron chi connectivity index (χ1n) is 14.5. The number of carbonyl (C=O) groups is 2. The third-order valence-corrected chi connectivity index (χ3v) is 9.74. The number of hydrogen-bond donors (Lipinski definition) is 4. The minimum Gasteiger partial charge on any atom is -0.447 e. The molecule has 0 spiro atoms. The van der Waals surface area contributed by atoms with Crippen LogP contribution in [-0.4, -0.2) is 48.2 Å². The number of hydrogen-bond acceptors (Lipinski definition) is 8. The van der Waals surface area contributed by atoms with Gasteiger partial charge in [0.2, 0.25) is 10.0 Å². The topological polar surface area (TPSA) is 151 Å². The zero-order valence-corrected chi connectivity index (χ0v) is 27.1. The summed E-state index contributed by atoms with van der Waals surface area (Å²) in [5, 5.41) is 8.99. The highest BCUT2D eigenvalue weighted by Crippen LogP contribution is 2.40. The third-order valence-electron chi connectivity index (χ3n) is 6.75. The first kappa shape index (κ1) is 33.3. The summed E-state index contributed by atoms with van der Waals surface area (Å²) < 4.78 is 48.9. The van der Waals surface area contributed by atoms with Crippen molar-refractivity contribution in [2.24, 2.45) is 0 Å². The van der Waals surface area contributed by atoms with E-state index in [1.807, 2.05) is 13.8 Å². The van der Waals surface area contributed by atoms with Crippen LogP contribution in [0.3, 0.4) is 0 Å². The Bertz CT molecular complexity index is 1580. The van der Waals surface area contributed by atoms with Crippen molar-refractivity contribution in [2.45, 2.75) is 95.3 Å². The van der Waals surface area contributed by atoms with Crippen molar-refractivity contribution >= 4 is 39.2 Å². The van der Waals surface area contributed by atoms with E-state index < -0.39 is 33.5 Å². The number of alkyl carbamates (subject to hydrolysis) is 1. The van der Waals surface area contributed by atoms with Crippen LogP contribution in [0.2, 0.25) is 0 Å². The van der Waals surface area contributed by atoms with Gasteiger partial charge in [0.25, 0.3) is 0 Å². The lowest BCUT2D eigenvalue weighted by Crippen LogP contribution is -2.40. The van der Waals surface area contributed by atoms with Crippen LogP contribution in [-0.2, 0) is 21.3 Å². The summed E-state index contributed by atoms with van der Waals surface area (Å²) in [7, 11) is -4.01. The smallest absolute Gasteiger partial charge is 0.407 e. The Labute approximate surface area is 261 Å². The molecule has 1 aliphatic carbocycles. The molecule has 3 aromatic rings. The van der Waals surface area contributed by atoms with Crippen LogP contribution in [0.5, 0.6) is 0 Å². The van der Waals surface area contributed by atoms with Gasteiger partial charge in [-0.25, -0.2) is 32.1 Å². The van der Waals surface area contributed by atoms with Crippen LogP contribution >= 0.6 is 11.3 Å². The van der Waals surface area contributed by atoms with Gasteiger partial charge in [-0.05, 0) is 84.6 Å². The number of rotatable bonds is 9. The van der Waals surface area contributed by atoms with Crippen LogP contribution in [0.25, 0.3) is 10.4 Å². The van der Waals surface area contributed by atoms with Crippen molar-refractivity contribution in [2.75, 3.05) is 5.32 Å². The summed E-state index contributed by atoms with van der Waals surface area (Å²) in [6.07, 6.45) is 5.75. The van der Waals surface area contributed by atoms with Crippen LogP contribution in [0.1, 0.15) is 76.9 Å². The van der Waals surface area contributed by atoms with Crippen LogP contribution in [0.4, 0.5) is 19.7 Å². The van der Waals surface area contributed by atoms with Crippen molar-refractivity contribution < 1.29 is 27.1 Å². The fraction of sp³-hybridized carbons (Fsp3) is 0.467. The molecule has 11 nitrogen and oxygen atoms in total. The van der Waals surface area contributed by atoms with Gasteiger partial charge in [-0.1, -0.05) is 6.07 Å². The van der Waals surface area contributed by atoms with Crippen molar-refractivity contribution in [1.82, 2.24) is 25.3 Å². The Kier molecular flexibility index (Phi) is 10.6. The van der Waals surface area contributed by atoms with Crippen molar-refractivity contribution in [1.29, 1.82) is 0 Å². The molecule has 4 N–H and O–H groups in total. The summed E-state index contributed by atoms with van der Waals surface area (Å²) >= 11 is 1.43. The molecule has 4 rings (SSSR count). The second kappa shape index (κ2) is 14.0. The average molecular weight is 647 g/mol. The van der Waals surface area contributed by atoms with Crippen LogP contribution in [0.15, 0.2) is 47.6 Å². The van der Waals surface area contributed by atoms with Gasteiger partial charge in [-0.15, -0.1) is 11.3 Å². The Hall–Kier alpha value is -3.62. The molecule has 238 valence electrons. The maximum Gasteiger partial charge on any atom is 0.407 e. The highest BCUT2D eigenvalue weighted by molar-refractivity contribution is 7.89. The Morgan fingerprint density at radius 1 is 1.11 bits per heavy atom. The number of aromatic nitrogens is 2. The van der Waals surface area contributed by atoms with Crippen molar-refractivity contribution in [3.63, 3.8) is 0 Å². The fourth-order valence-corrected chi connectivity index (χ4v) is 7.73. The standard InChI is InChI=1S/C30H39FN6O5S2/c1-18(2)42-29(39)36-20-10-8-19(9-11-20)27-33-17-25(43-27)22-13-12-21(15-26(22)44(40,41)37-30(3,4)5)35-28(38)34-16-24-23(31)7-6-14-32-24/h6-7,12-15,17-20,37H,8-11,16H2,1-5H3,(H,36,39)(H2,34,35,38)/t19-,20-. The van der Waals surface area contributed by atoms with E-state index in [-0.39, 0.29) is 40.9 Å². The lowest BCUT2D eigenvalue weighted by molar-refractivity contribution is 0.109. The van der Waals surface area contributed by atoms with Gasteiger partial charge in [-0.2, -0.15) is 0 Å². The highest BCUT2D eigenvalue weighted by atomic mass is 32.2. The van der Waals surface area contributed by atoms with Crippen LogP contribution in [0, 0.1) is 5.82 Å². The predicted octanol–water partition coefficient (Wildman–Crippen LogP) is 5.90. The number of carbonyl (C=O) groups excluding carboxylic acids is 2. The van der Waals surface area contributed by atoms with Gasteiger partial charge in [0.05, 0.1) is 33.1 Å². The number of anilines is 1. The molecule has 1 aromatic carbocycles. The Balaban J connectivity index is 1.51. The van der Waals surface area contributed by atoms with E-state index in [1.165, 1.54) is 35.7 Å². The zero-order chi connectivity index (χ0) is 32.1. The number of amides is 3. The molecule has 0 saturated heterocycles. The molecule has 0 bridgehead atoms. The highest BCUT2D eigenvalue weighted by Gasteiger charge is 2.29. The maximum atomic E-state index is 13.9. The molecular formula is C30H39FN6O5S2. The number of nitrogens with one attached hydrogen (secondary N) is 4. The fourth-order valence-electron chi connectivity index (χ4n) is 4.87. The lowest BCUT2D eigenvalue weighted by Gasteiger charge is -2.28. The maximum absolute atomic E-state index is 13.9. The lowest BCUT2D eigenvalue weighted by atomic mass is 9.86. The number of halogens is 1. The monoisotopic (exact) mass is 646 g/mol. The molecule has 1 saturated carbocycles. The molecule has 1 fully saturated rings. The molecule has 0 atom stereocenters.